The normalized spacial score (nSPS) is 13.7. The van der Waals surface area contributed by atoms with Crippen LogP contribution in [0.5, 0.6) is 0 Å². The summed E-state index contributed by atoms with van der Waals surface area (Å²) in [5.41, 5.74) is 0.258. The molecule has 1 heterocycles. The van der Waals surface area contributed by atoms with Crippen LogP contribution in [0.25, 0.3) is 0 Å². The number of sulfone groups is 1. The van der Waals surface area contributed by atoms with Gasteiger partial charge in [0, 0.05) is 12.5 Å². The molecule has 1 N–H and O–H groups in total. The van der Waals surface area contributed by atoms with Gasteiger partial charge in [0.15, 0.2) is 0 Å². The second kappa shape index (κ2) is 5.36. The SMILES string of the molecule is CNC(CCS(C)(=O)=O)c1ncccc1F. The van der Waals surface area contributed by atoms with Crippen molar-refractivity contribution >= 4 is 9.84 Å². The lowest BCUT2D eigenvalue weighted by Crippen LogP contribution is -2.22. The van der Waals surface area contributed by atoms with Crippen molar-refractivity contribution in [2.75, 3.05) is 19.1 Å². The molecule has 0 radical (unpaired) electrons. The second-order valence-corrected chi connectivity index (χ2v) is 5.89. The van der Waals surface area contributed by atoms with E-state index in [1.165, 1.54) is 18.3 Å². The number of nitrogens with zero attached hydrogens (tertiary/aromatic N) is 1. The first kappa shape index (κ1) is 13.1. The monoisotopic (exact) mass is 246 g/mol. The van der Waals surface area contributed by atoms with E-state index >= 15 is 0 Å². The Morgan fingerprint density at radius 2 is 2.25 bits per heavy atom. The van der Waals surface area contributed by atoms with E-state index in [4.69, 9.17) is 0 Å². The van der Waals surface area contributed by atoms with E-state index in [1.807, 2.05) is 0 Å². The molecule has 1 rings (SSSR count). The summed E-state index contributed by atoms with van der Waals surface area (Å²) in [6.45, 7) is 0. The number of aromatic nitrogens is 1. The summed E-state index contributed by atoms with van der Waals surface area (Å²) in [5, 5.41) is 2.86. The lowest BCUT2D eigenvalue weighted by Gasteiger charge is -2.15. The van der Waals surface area contributed by atoms with Gasteiger partial charge in [-0.25, -0.2) is 12.8 Å². The molecule has 0 fully saturated rings. The minimum atomic E-state index is -3.04. The van der Waals surface area contributed by atoms with Crippen molar-refractivity contribution in [3.8, 4) is 0 Å². The zero-order valence-electron chi connectivity index (χ0n) is 9.27. The Hall–Kier alpha value is -1.01. The molecule has 1 unspecified atom stereocenters. The summed E-state index contributed by atoms with van der Waals surface area (Å²) < 4.78 is 35.4. The molecular weight excluding hydrogens is 231 g/mol. The first-order valence-electron chi connectivity index (χ1n) is 4.89. The zero-order valence-corrected chi connectivity index (χ0v) is 10.1. The highest BCUT2D eigenvalue weighted by Gasteiger charge is 2.17. The van der Waals surface area contributed by atoms with Crippen molar-refractivity contribution in [3.63, 3.8) is 0 Å². The third kappa shape index (κ3) is 3.86. The number of hydrogen-bond donors (Lipinski definition) is 1. The van der Waals surface area contributed by atoms with Crippen molar-refractivity contribution in [1.29, 1.82) is 0 Å². The van der Waals surface area contributed by atoms with Gasteiger partial charge in [-0.05, 0) is 25.6 Å². The molecule has 4 nitrogen and oxygen atoms in total. The van der Waals surface area contributed by atoms with Crippen LogP contribution < -0.4 is 5.32 Å². The van der Waals surface area contributed by atoms with E-state index in [-0.39, 0.29) is 17.5 Å². The first-order valence-corrected chi connectivity index (χ1v) is 6.95. The van der Waals surface area contributed by atoms with Crippen LogP contribution in [0, 0.1) is 5.82 Å². The van der Waals surface area contributed by atoms with Gasteiger partial charge in [-0.1, -0.05) is 0 Å². The molecule has 0 aromatic carbocycles. The fraction of sp³-hybridized carbons (Fsp3) is 0.500. The lowest BCUT2D eigenvalue weighted by atomic mass is 10.1. The highest BCUT2D eigenvalue weighted by molar-refractivity contribution is 7.90. The molecule has 6 heteroatoms. The number of nitrogens with one attached hydrogen (secondary N) is 1. The first-order chi connectivity index (χ1) is 7.44. The summed E-state index contributed by atoms with van der Waals surface area (Å²) in [7, 11) is -1.39. The average molecular weight is 246 g/mol. The standard InChI is InChI=1S/C10H15FN2O2S/c1-12-9(5-7-16(2,14)15)10-8(11)4-3-6-13-10/h3-4,6,9,12H,5,7H2,1-2H3. The fourth-order valence-electron chi connectivity index (χ4n) is 1.40. The molecule has 0 amide bonds. The van der Waals surface area contributed by atoms with Gasteiger partial charge >= 0.3 is 0 Å². The summed E-state index contributed by atoms with van der Waals surface area (Å²) in [4.78, 5) is 3.92. The lowest BCUT2D eigenvalue weighted by molar-refractivity contribution is 0.505. The predicted octanol–water partition coefficient (Wildman–Crippen LogP) is 0.916. The van der Waals surface area contributed by atoms with Crippen LogP contribution >= 0.6 is 0 Å². The van der Waals surface area contributed by atoms with Crippen LogP contribution in [0.15, 0.2) is 18.3 Å². The van der Waals surface area contributed by atoms with Gasteiger partial charge in [-0.3, -0.25) is 4.98 Å². The molecule has 1 aromatic rings. The molecule has 0 aliphatic heterocycles. The van der Waals surface area contributed by atoms with Gasteiger partial charge < -0.3 is 5.32 Å². The van der Waals surface area contributed by atoms with Crippen LogP contribution in [-0.2, 0) is 9.84 Å². The molecular formula is C10H15FN2O2S. The molecule has 0 saturated heterocycles. The van der Waals surface area contributed by atoms with Crippen LogP contribution in [0.3, 0.4) is 0 Å². The topological polar surface area (TPSA) is 59.1 Å². The van der Waals surface area contributed by atoms with Gasteiger partial charge in [0.1, 0.15) is 15.7 Å². The summed E-state index contributed by atoms with van der Waals surface area (Å²) in [5.74, 6) is -0.413. The molecule has 1 atom stereocenters. The van der Waals surface area contributed by atoms with Crippen molar-refractivity contribution in [3.05, 3.63) is 29.8 Å². The van der Waals surface area contributed by atoms with Gasteiger partial charge in [-0.15, -0.1) is 0 Å². The van der Waals surface area contributed by atoms with Crippen molar-refractivity contribution in [2.24, 2.45) is 0 Å². The summed E-state index contributed by atoms with van der Waals surface area (Å²) in [6.07, 6.45) is 2.96. The van der Waals surface area contributed by atoms with Gasteiger partial charge in [0.2, 0.25) is 0 Å². The third-order valence-electron chi connectivity index (χ3n) is 2.24. The Bertz CT molecular complexity index is 448. The van der Waals surface area contributed by atoms with Gasteiger partial charge in [0.05, 0.1) is 17.5 Å². The van der Waals surface area contributed by atoms with Gasteiger partial charge in [-0.2, -0.15) is 0 Å². The molecule has 0 aliphatic carbocycles. The highest BCUT2D eigenvalue weighted by Crippen LogP contribution is 2.17. The van der Waals surface area contributed by atoms with Crippen LogP contribution in [0.2, 0.25) is 0 Å². The zero-order chi connectivity index (χ0) is 12.2. The molecule has 0 bridgehead atoms. The van der Waals surface area contributed by atoms with E-state index in [0.29, 0.717) is 6.42 Å². The minimum absolute atomic E-state index is 0.00845. The van der Waals surface area contributed by atoms with Crippen LogP contribution in [0.1, 0.15) is 18.2 Å². The van der Waals surface area contributed by atoms with Crippen LogP contribution in [0.4, 0.5) is 4.39 Å². The predicted molar refractivity (Wildman–Crippen MR) is 60.3 cm³/mol. The molecule has 1 aromatic heterocycles. The average Bonchev–Trinajstić information content (AvgIpc) is 2.20. The Morgan fingerprint density at radius 1 is 1.56 bits per heavy atom. The van der Waals surface area contributed by atoms with Gasteiger partial charge in [0.25, 0.3) is 0 Å². The maximum Gasteiger partial charge on any atom is 0.147 e. The largest absolute Gasteiger partial charge is 0.312 e. The molecule has 0 spiro atoms. The number of pyridine rings is 1. The minimum Gasteiger partial charge on any atom is -0.312 e. The molecule has 0 aliphatic rings. The second-order valence-electron chi connectivity index (χ2n) is 3.63. The number of halogens is 1. The third-order valence-corrected chi connectivity index (χ3v) is 3.22. The Kier molecular flexibility index (Phi) is 4.37. The Labute approximate surface area is 94.8 Å². The quantitative estimate of drug-likeness (QED) is 0.839. The van der Waals surface area contributed by atoms with E-state index in [1.54, 1.807) is 7.05 Å². The smallest absolute Gasteiger partial charge is 0.147 e. The summed E-state index contributed by atoms with van der Waals surface area (Å²) >= 11 is 0. The van der Waals surface area contributed by atoms with E-state index in [2.05, 4.69) is 10.3 Å². The van der Waals surface area contributed by atoms with E-state index < -0.39 is 15.7 Å². The molecule has 16 heavy (non-hydrogen) atoms. The summed E-state index contributed by atoms with van der Waals surface area (Å²) in [6, 6.07) is 2.44. The van der Waals surface area contributed by atoms with Crippen molar-refractivity contribution < 1.29 is 12.8 Å². The van der Waals surface area contributed by atoms with Crippen molar-refractivity contribution in [1.82, 2.24) is 10.3 Å². The Balaban J connectivity index is 2.79. The molecule has 0 saturated carbocycles. The number of rotatable bonds is 5. The Morgan fingerprint density at radius 3 is 2.75 bits per heavy atom. The maximum atomic E-state index is 13.4. The highest BCUT2D eigenvalue weighted by atomic mass is 32.2. The van der Waals surface area contributed by atoms with Crippen molar-refractivity contribution in [2.45, 2.75) is 12.5 Å². The maximum absolute atomic E-state index is 13.4. The molecule has 90 valence electrons. The van der Waals surface area contributed by atoms with Crippen LogP contribution in [-0.4, -0.2) is 32.5 Å². The number of hydrogen-bond acceptors (Lipinski definition) is 4. The fourth-order valence-corrected chi connectivity index (χ4v) is 2.07. The van der Waals surface area contributed by atoms with E-state index in [9.17, 15) is 12.8 Å². The van der Waals surface area contributed by atoms with E-state index in [0.717, 1.165) is 6.26 Å².